The highest BCUT2D eigenvalue weighted by atomic mass is 16.4. The maximum absolute atomic E-state index is 11.0. The molecule has 0 saturated heterocycles. The maximum atomic E-state index is 11.0. The molecule has 0 aliphatic carbocycles. The third-order valence-corrected chi connectivity index (χ3v) is 3.71. The molecular formula is C16H22N2O3. The molecule has 21 heavy (non-hydrogen) atoms. The van der Waals surface area contributed by atoms with Crippen molar-refractivity contribution < 1.29 is 15.0 Å². The van der Waals surface area contributed by atoms with E-state index in [2.05, 4.69) is 16.5 Å². The second-order valence-corrected chi connectivity index (χ2v) is 5.29. The average Bonchev–Trinajstić information content (AvgIpc) is 2.81. The van der Waals surface area contributed by atoms with Crippen molar-refractivity contribution in [3.05, 3.63) is 29.6 Å². The Morgan fingerprint density at radius 3 is 2.76 bits per heavy atom. The maximum Gasteiger partial charge on any atom is 0.335 e. The van der Waals surface area contributed by atoms with Crippen LogP contribution >= 0.6 is 0 Å². The van der Waals surface area contributed by atoms with Crippen LogP contribution in [0.15, 0.2) is 18.2 Å². The second kappa shape index (κ2) is 6.72. The van der Waals surface area contributed by atoms with E-state index in [-0.39, 0.29) is 11.7 Å². The molecule has 1 aromatic carbocycles. The highest BCUT2D eigenvalue weighted by Crippen LogP contribution is 2.20. The number of fused-ring (bicyclic) bond motifs is 1. The lowest BCUT2D eigenvalue weighted by Gasteiger charge is -2.11. The Morgan fingerprint density at radius 1 is 1.38 bits per heavy atom. The Balaban J connectivity index is 2.39. The molecule has 2 N–H and O–H groups in total. The molecule has 5 nitrogen and oxygen atoms in total. The van der Waals surface area contributed by atoms with Crippen molar-refractivity contribution in [3.63, 3.8) is 0 Å². The van der Waals surface area contributed by atoms with Crippen molar-refractivity contribution in [2.45, 2.75) is 52.2 Å². The summed E-state index contributed by atoms with van der Waals surface area (Å²) in [5, 5.41) is 18.8. The van der Waals surface area contributed by atoms with Gasteiger partial charge in [-0.05, 0) is 37.5 Å². The number of carboxylic acid groups (broad SMARTS) is 1. The fourth-order valence-electron chi connectivity index (χ4n) is 2.46. The number of aromatic carboxylic acids is 1. The number of aromatic nitrogens is 2. The van der Waals surface area contributed by atoms with Crippen molar-refractivity contribution in [1.82, 2.24) is 9.55 Å². The number of aliphatic hydroxyl groups is 1. The molecule has 0 fully saturated rings. The Labute approximate surface area is 124 Å². The van der Waals surface area contributed by atoms with Crippen LogP contribution in [0.5, 0.6) is 0 Å². The van der Waals surface area contributed by atoms with Gasteiger partial charge in [-0.15, -0.1) is 0 Å². The molecule has 0 aliphatic rings. The Hall–Kier alpha value is -1.88. The largest absolute Gasteiger partial charge is 0.478 e. The Morgan fingerprint density at radius 2 is 2.14 bits per heavy atom. The zero-order valence-corrected chi connectivity index (χ0v) is 12.5. The van der Waals surface area contributed by atoms with Gasteiger partial charge < -0.3 is 14.8 Å². The van der Waals surface area contributed by atoms with Gasteiger partial charge >= 0.3 is 5.97 Å². The third kappa shape index (κ3) is 3.42. The number of nitrogens with zero attached hydrogens (tertiary/aromatic N) is 2. The lowest BCUT2D eigenvalue weighted by atomic mass is 10.2. The van der Waals surface area contributed by atoms with Crippen LogP contribution in [0.4, 0.5) is 0 Å². The van der Waals surface area contributed by atoms with Gasteiger partial charge in [0.2, 0.25) is 0 Å². The van der Waals surface area contributed by atoms with E-state index < -0.39 is 5.97 Å². The molecule has 1 heterocycles. The molecule has 0 aliphatic heterocycles. The second-order valence-electron chi connectivity index (χ2n) is 5.29. The average molecular weight is 290 g/mol. The summed E-state index contributed by atoms with van der Waals surface area (Å²) in [6.45, 7) is 4.75. The summed E-state index contributed by atoms with van der Waals surface area (Å²) in [7, 11) is 0. The summed E-state index contributed by atoms with van der Waals surface area (Å²) in [6.07, 6.45) is 2.93. The molecule has 1 atom stereocenters. The number of carbonyl (C=O) groups is 1. The number of hydrogen-bond donors (Lipinski definition) is 2. The zero-order chi connectivity index (χ0) is 15.4. The summed E-state index contributed by atoms with van der Waals surface area (Å²) in [5.41, 5.74) is 1.90. The van der Waals surface area contributed by atoms with E-state index in [9.17, 15) is 9.90 Å². The highest BCUT2D eigenvalue weighted by Gasteiger charge is 2.13. The van der Waals surface area contributed by atoms with Crippen LogP contribution in [0, 0.1) is 0 Å². The number of rotatable bonds is 7. The van der Waals surface area contributed by atoms with E-state index in [1.165, 1.54) is 0 Å². The monoisotopic (exact) mass is 290 g/mol. The first kappa shape index (κ1) is 15.5. The van der Waals surface area contributed by atoms with Gasteiger partial charge in [-0.25, -0.2) is 9.78 Å². The third-order valence-electron chi connectivity index (χ3n) is 3.71. The molecule has 1 unspecified atom stereocenters. The van der Waals surface area contributed by atoms with Crippen LogP contribution in [-0.2, 0) is 13.0 Å². The van der Waals surface area contributed by atoms with Crippen LogP contribution < -0.4 is 0 Å². The molecule has 0 radical (unpaired) electrons. The van der Waals surface area contributed by atoms with Gasteiger partial charge in [0.15, 0.2) is 0 Å². The van der Waals surface area contributed by atoms with Crippen molar-refractivity contribution in [2.24, 2.45) is 0 Å². The van der Waals surface area contributed by atoms with E-state index >= 15 is 0 Å². The van der Waals surface area contributed by atoms with Crippen LogP contribution in [0.1, 0.15) is 49.3 Å². The predicted octanol–water partition coefficient (Wildman–Crippen LogP) is 2.85. The van der Waals surface area contributed by atoms with Crippen LogP contribution in [0.2, 0.25) is 0 Å². The molecule has 1 aromatic heterocycles. The molecule has 0 saturated carbocycles. The fraction of sp³-hybridized carbons (Fsp3) is 0.500. The van der Waals surface area contributed by atoms with Gasteiger partial charge in [-0.2, -0.15) is 0 Å². The SMILES string of the molecule is CCCc1nc2cc(C(=O)O)ccc2n1CCC(O)CC. The van der Waals surface area contributed by atoms with Crippen molar-refractivity contribution in [1.29, 1.82) is 0 Å². The van der Waals surface area contributed by atoms with E-state index in [1.807, 2.05) is 13.0 Å². The topological polar surface area (TPSA) is 75.3 Å². The van der Waals surface area contributed by atoms with Gasteiger partial charge in [0.25, 0.3) is 0 Å². The molecule has 0 spiro atoms. The minimum absolute atomic E-state index is 0.254. The van der Waals surface area contributed by atoms with Crippen LogP contribution in [0.25, 0.3) is 11.0 Å². The normalized spacial score (nSPS) is 12.7. The summed E-state index contributed by atoms with van der Waals surface area (Å²) in [4.78, 5) is 15.6. The first-order valence-electron chi connectivity index (χ1n) is 7.47. The number of aryl methyl sites for hydroxylation is 2. The quantitative estimate of drug-likeness (QED) is 0.822. The van der Waals surface area contributed by atoms with Crippen LogP contribution in [0.3, 0.4) is 0 Å². The van der Waals surface area contributed by atoms with Crippen molar-refractivity contribution in [3.8, 4) is 0 Å². The predicted molar refractivity (Wildman–Crippen MR) is 81.6 cm³/mol. The zero-order valence-electron chi connectivity index (χ0n) is 12.5. The number of imidazole rings is 1. The lowest BCUT2D eigenvalue weighted by Crippen LogP contribution is -2.12. The highest BCUT2D eigenvalue weighted by molar-refractivity contribution is 5.92. The Kier molecular flexibility index (Phi) is 4.96. The summed E-state index contributed by atoms with van der Waals surface area (Å²) in [5.74, 6) is 0.0169. The molecular weight excluding hydrogens is 268 g/mol. The van der Waals surface area contributed by atoms with E-state index in [4.69, 9.17) is 5.11 Å². The fourth-order valence-corrected chi connectivity index (χ4v) is 2.46. The number of aliphatic hydroxyl groups excluding tert-OH is 1. The smallest absolute Gasteiger partial charge is 0.335 e. The molecule has 0 amide bonds. The lowest BCUT2D eigenvalue weighted by molar-refractivity contribution is 0.0697. The van der Waals surface area contributed by atoms with Gasteiger partial charge in [-0.3, -0.25) is 0 Å². The van der Waals surface area contributed by atoms with Crippen molar-refractivity contribution in [2.75, 3.05) is 0 Å². The van der Waals surface area contributed by atoms with E-state index in [1.54, 1.807) is 12.1 Å². The van der Waals surface area contributed by atoms with Gasteiger partial charge in [0.05, 0.1) is 22.7 Å². The van der Waals surface area contributed by atoms with Crippen molar-refractivity contribution >= 4 is 17.0 Å². The first-order chi connectivity index (χ1) is 10.1. The summed E-state index contributed by atoms with van der Waals surface area (Å²) < 4.78 is 2.10. The van der Waals surface area contributed by atoms with Gasteiger partial charge in [0, 0.05) is 13.0 Å². The first-order valence-corrected chi connectivity index (χ1v) is 7.47. The number of carboxylic acids is 1. The van der Waals surface area contributed by atoms with Crippen LogP contribution in [-0.4, -0.2) is 31.8 Å². The molecule has 2 aromatic rings. The summed E-state index contributed by atoms with van der Waals surface area (Å²) >= 11 is 0. The molecule has 114 valence electrons. The minimum Gasteiger partial charge on any atom is -0.478 e. The molecule has 0 bridgehead atoms. The van der Waals surface area contributed by atoms with Gasteiger partial charge in [-0.1, -0.05) is 13.8 Å². The van der Waals surface area contributed by atoms with E-state index in [0.29, 0.717) is 18.5 Å². The number of benzene rings is 1. The summed E-state index contributed by atoms with van der Waals surface area (Å²) in [6, 6.07) is 5.03. The number of hydrogen-bond acceptors (Lipinski definition) is 3. The molecule has 5 heteroatoms. The minimum atomic E-state index is -0.940. The van der Waals surface area contributed by atoms with Gasteiger partial charge in [0.1, 0.15) is 5.82 Å². The Bertz CT molecular complexity index is 634. The molecule has 2 rings (SSSR count). The van der Waals surface area contributed by atoms with E-state index in [0.717, 1.165) is 30.6 Å². The standard InChI is InChI=1S/C16H22N2O3/c1-3-5-15-17-13-10-11(16(20)21)6-7-14(13)18(15)9-8-12(19)4-2/h6-7,10,12,19H,3-5,8-9H2,1-2H3,(H,20,21).